The first-order valence-corrected chi connectivity index (χ1v) is 8.59. The molecule has 7 nitrogen and oxygen atoms in total. The van der Waals surface area contributed by atoms with Gasteiger partial charge in [-0.2, -0.15) is 0 Å². The van der Waals surface area contributed by atoms with Gasteiger partial charge in [-0.25, -0.2) is 8.42 Å². The second kappa shape index (κ2) is 4.74. The molecule has 2 heterocycles. The molecular weight excluding hydrogens is 302 g/mol. The van der Waals surface area contributed by atoms with Crippen molar-refractivity contribution in [3.8, 4) is 0 Å². The average molecular weight is 313 g/mol. The summed E-state index contributed by atoms with van der Waals surface area (Å²) < 4.78 is 22.9. The number of nitrogens with one attached hydrogen (secondary N) is 1. The number of rotatable bonds is 2. The van der Waals surface area contributed by atoms with E-state index in [2.05, 4.69) is 10.3 Å². The summed E-state index contributed by atoms with van der Waals surface area (Å²) in [6.45, 7) is 0. The van der Waals surface area contributed by atoms with Gasteiger partial charge in [-0.15, -0.1) is 0 Å². The predicted octanol–water partition coefficient (Wildman–Crippen LogP) is 1.28. The molecule has 0 radical (unpaired) electrons. The first-order valence-electron chi connectivity index (χ1n) is 5.89. The molecule has 1 saturated heterocycles. The van der Waals surface area contributed by atoms with Crippen LogP contribution in [0.1, 0.15) is 0 Å². The maximum atomic E-state index is 11.5. The number of sulfone groups is 1. The Labute approximate surface area is 119 Å². The molecule has 9 heteroatoms. The Morgan fingerprint density at radius 3 is 2.90 bits per heavy atom. The first-order chi connectivity index (χ1) is 9.43. The van der Waals surface area contributed by atoms with Crippen molar-refractivity contribution in [3.05, 3.63) is 34.4 Å². The highest BCUT2D eigenvalue weighted by molar-refractivity contribution is 8.15. The number of hydrogen-bond acceptors (Lipinski definition) is 7. The van der Waals surface area contributed by atoms with E-state index in [-0.39, 0.29) is 28.5 Å². The van der Waals surface area contributed by atoms with Crippen LogP contribution in [0.5, 0.6) is 0 Å². The zero-order valence-corrected chi connectivity index (χ0v) is 11.9. The molecule has 2 aliphatic heterocycles. The van der Waals surface area contributed by atoms with E-state index in [0.717, 1.165) is 0 Å². The molecule has 1 fully saturated rings. The van der Waals surface area contributed by atoms with Crippen molar-refractivity contribution in [1.82, 2.24) is 0 Å². The summed E-state index contributed by atoms with van der Waals surface area (Å²) in [5, 5.41) is 14.3. The zero-order valence-electron chi connectivity index (χ0n) is 10.2. The van der Waals surface area contributed by atoms with E-state index in [1.54, 1.807) is 12.1 Å². The van der Waals surface area contributed by atoms with Gasteiger partial charge in [0, 0.05) is 23.1 Å². The highest BCUT2D eigenvalue weighted by atomic mass is 32.2. The Balaban J connectivity index is 1.74. The fourth-order valence-corrected chi connectivity index (χ4v) is 5.91. The Morgan fingerprint density at radius 1 is 1.40 bits per heavy atom. The lowest BCUT2D eigenvalue weighted by atomic mass is 10.3. The molecule has 2 atom stereocenters. The van der Waals surface area contributed by atoms with Crippen molar-refractivity contribution in [2.75, 3.05) is 16.8 Å². The molecular formula is C11H11N3O4S2. The summed E-state index contributed by atoms with van der Waals surface area (Å²) >= 11 is 1.38. The maximum Gasteiger partial charge on any atom is 0.271 e. The van der Waals surface area contributed by atoms with Gasteiger partial charge in [-0.05, 0) is 6.07 Å². The number of nitrogens with zero attached hydrogens (tertiary/aromatic N) is 2. The molecule has 1 aromatic carbocycles. The van der Waals surface area contributed by atoms with Gasteiger partial charge in [0.25, 0.3) is 5.69 Å². The minimum absolute atomic E-state index is 0.00127. The quantitative estimate of drug-likeness (QED) is 0.652. The van der Waals surface area contributed by atoms with E-state index < -0.39 is 14.8 Å². The van der Waals surface area contributed by atoms with E-state index in [4.69, 9.17) is 0 Å². The summed E-state index contributed by atoms with van der Waals surface area (Å²) in [7, 11) is -2.96. The SMILES string of the molecule is O=[N+]([O-])c1cccc(NC2=N[C@H]3CS(=O)(=O)C[C@@H]3S2)c1. The second-order valence-corrected chi connectivity index (χ2v) is 8.05. The van der Waals surface area contributed by atoms with E-state index >= 15 is 0 Å². The van der Waals surface area contributed by atoms with Crippen molar-refractivity contribution in [3.63, 3.8) is 0 Å². The van der Waals surface area contributed by atoms with Crippen molar-refractivity contribution in [1.29, 1.82) is 0 Å². The van der Waals surface area contributed by atoms with Crippen molar-refractivity contribution in [2.45, 2.75) is 11.3 Å². The molecule has 2 aliphatic rings. The Morgan fingerprint density at radius 2 is 2.20 bits per heavy atom. The highest BCUT2D eigenvalue weighted by Gasteiger charge is 2.42. The third kappa shape index (κ3) is 2.63. The molecule has 106 valence electrons. The van der Waals surface area contributed by atoms with Gasteiger partial charge in [0.2, 0.25) is 0 Å². The largest absolute Gasteiger partial charge is 0.335 e. The van der Waals surface area contributed by atoms with Gasteiger partial charge in [-0.3, -0.25) is 15.1 Å². The maximum absolute atomic E-state index is 11.5. The van der Waals surface area contributed by atoms with E-state index in [1.165, 1.54) is 23.9 Å². The minimum Gasteiger partial charge on any atom is -0.335 e. The van der Waals surface area contributed by atoms with Crippen LogP contribution in [0.4, 0.5) is 11.4 Å². The Hall–Kier alpha value is -1.61. The van der Waals surface area contributed by atoms with Gasteiger partial charge >= 0.3 is 0 Å². The van der Waals surface area contributed by atoms with Crippen LogP contribution in [0.2, 0.25) is 0 Å². The molecule has 0 bridgehead atoms. The molecule has 3 rings (SSSR count). The highest BCUT2D eigenvalue weighted by Crippen LogP contribution is 2.34. The number of benzene rings is 1. The van der Waals surface area contributed by atoms with Crippen LogP contribution in [0.25, 0.3) is 0 Å². The van der Waals surface area contributed by atoms with Crippen LogP contribution in [-0.4, -0.2) is 41.3 Å². The molecule has 0 unspecified atom stereocenters. The summed E-state index contributed by atoms with van der Waals surface area (Å²) in [4.78, 5) is 14.6. The standard InChI is InChI=1S/C11H11N3O4S2/c15-14(16)8-3-1-2-7(4-8)12-11-13-9-5-20(17,18)6-10(9)19-11/h1-4,9-10H,5-6H2,(H,12,13)/t9-,10-/m0/s1. The van der Waals surface area contributed by atoms with Crippen LogP contribution >= 0.6 is 11.8 Å². The molecule has 0 amide bonds. The summed E-state index contributed by atoms with van der Waals surface area (Å²) in [6.07, 6.45) is 0. The lowest BCUT2D eigenvalue weighted by Gasteiger charge is -2.06. The fourth-order valence-electron chi connectivity index (χ4n) is 2.24. The summed E-state index contributed by atoms with van der Waals surface area (Å²) in [5.74, 6) is 0.233. The molecule has 0 saturated carbocycles. The number of amidine groups is 1. The molecule has 1 N–H and O–H groups in total. The van der Waals surface area contributed by atoms with Gasteiger partial charge in [0.05, 0.1) is 22.5 Å². The smallest absolute Gasteiger partial charge is 0.271 e. The van der Waals surface area contributed by atoms with Gasteiger partial charge < -0.3 is 5.32 Å². The fraction of sp³-hybridized carbons (Fsp3) is 0.364. The van der Waals surface area contributed by atoms with E-state index in [1.807, 2.05) is 0 Å². The number of aliphatic imine (C=N–C) groups is 1. The molecule has 0 aliphatic carbocycles. The van der Waals surface area contributed by atoms with Crippen LogP contribution in [0, 0.1) is 10.1 Å². The minimum atomic E-state index is -2.96. The topological polar surface area (TPSA) is 102 Å². The van der Waals surface area contributed by atoms with Crippen molar-refractivity contribution in [2.24, 2.45) is 4.99 Å². The van der Waals surface area contributed by atoms with Crippen LogP contribution in [-0.2, 0) is 9.84 Å². The normalized spacial score (nSPS) is 26.9. The molecule has 20 heavy (non-hydrogen) atoms. The lowest BCUT2D eigenvalue weighted by Crippen LogP contribution is -2.13. The van der Waals surface area contributed by atoms with Crippen molar-refractivity contribution < 1.29 is 13.3 Å². The number of fused-ring (bicyclic) bond motifs is 1. The number of anilines is 1. The first kappa shape index (κ1) is 13.4. The van der Waals surface area contributed by atoms with Crippen LogP contribution in [0.3, 0.4) is 0 Å². The third-order valence-electron chi connectivity index (χ3n) is 3.13. The van der Waals surface area contributed by atoms with Crippen LogP contribution < -0.4 is 5.32 Å². The average Bonchev–Trinajstić information content (AvgIpc) is 2.82. The predicted molar refractivity (Wildman–Crippen MR) is 78.0 cm³/mol. The molecule has 1 aromatic rings. The Bertz CT molecular complexity index is 701. The Kier molecular flexibility index (Phi) is 3.17. The number of thioether (sulfide) groups is 1. The number of non-ortho nitro benzene ring substituents is 1. The lowest BCUT2D eigenvalue weighted by molar-refractivity contribution is -0.384. The van der Waals surface area contributed by atoms with Crippen molar-refractivity contribution >= 4 is 38.1 Å². The second-order valence-electron chi connectivity index (χ2n) is 4.67. The number of nitro groups is 1. The van der Waals surface area contributed by atoms with E-state index in [9.17, 15) is 18.5 Å². The van der Waals surface area contributed by atoms with Gasteiger partial charge in [0.1, 0.15) is 0 Å². The van der Waals surface area contributed by atoms with Gasteiger partial charge in [-0.1, -0.05) is 17.8 Å². The van der Waals surface area contributed by atoms with Gasteiger partial charge in [0.15, 0.2) is 15.0 Å². The van der Waals surface area contributed by atoms with E-state index in [0.29, 0.717) is 10.9 Å². The number of nitro benzene ring substituents is 1. The molecule has 0 spiro atoms. The van der Waals surface area contributed by atoms with Crippen LogP contribution in [0.15, 0.2) is 29.3 Å². The monoisotopic (exact) mass is 313 g/mol. The third-order valence-corrected chi connectivity index (χ3v) is 6.27. The zero-order chi connectivity index (χ0) is 14.3. The summed E-state index contributed by atoms with van der Waals surface area (Å²) in [6, 6.07) is 5.93. The molecule has 0 aromatic heterocycles. The summed E-state index contributed by atoms with van der Waals surface area (Å²) in [5.41, 5.74) is 0.578. The number of hydrogen-bond donors (Lipinski definition) is 1.